The fraction of sp³-hybridized carbons (Fsp3) is 0.714. The van der Waals surface area contributed by atoms with Crippen LogP contribution in [0.15, 0.2) is 10.3 Å². The molecule has 6 heteroatoms. The average molecular weight is 316 g/mol. The highest BCUT2D eigenvalue weighted by molar-refractivity contribution is 7.89. The standard InChI is InChI=1S/C14H24N2O2S2/c1-10-6-4-5-7-12(10)16-20(17,18)14-11(2)9-19-13(14)8-15-3/h9-10,12,15-16H,4-8H2,1-3H3. The van der Waals surface area contributed by atoms with Crippen LogP contribution in [0.1, 0.15) is 43.0 Å². The monoisotopic (exact) mass is 316 g/mol. The highest BCUT2D eigenvalue weighted by atomic mass is 32.2. The highest BCUT2D eigenvalue weighted by Crippen LogP contribution is 2.29. The number of nitrogens with one attached hydrogen (secondary N) is 2. The van der Waals surface area contributed by atoms with Crippen molar-refractivity contribution in [3.8, 4) is 0 Å². The number of aryl methyl sites for hydroxylation is 1. The molecule has 0 radical (unpaired) electrons. The molecule has 1 aliphatic carbocycles. The molecule has 2 N–H and O–H groups in total. The largest absolute Gasteiger partial charge is 0.315 e. The van der Waals surface area contributed by atoms with Crippen LogP contribution >= 0.6 is 11.3 Å². The fourth-order valence-electron chi connectivity index (χ4n) is 2.88. The van der Waals surface area contributed by atoms with Crippen LogP contribution in [0.5, 0.6) is 0 Å². The van der Waals surface area contributed by atoms with E-state index in [1.54, 1.807) is 0 Å². The predicted octanol–water partition coefficient (Wildman–Crippen LogP) is 2.63. The SMILES string of the molecule is CNCc1scc(C)c1S(=O)(=O)NC1CCCCC1C. The molecule has 0 aromatic carbocycles. The first-order valence-corrected chi connectivity index (χ1v) is 9.56. The third-order valence-electron chi connectivity index (χ3n) is 4.01. The molecule has 1 saturated carbocycles. The minimum atomic E-state index is -3.41. The van der Waals surface area contributed by atoms with Gasteiger partial charge < -0.3 is 5.32 Å². The number of hydrogen-bond donors (Lipinski definition) is 2. The van der Waals surface area contributed by atoms with Gasteiger partial charge >= 0.3 is 0 Å². The van der Waals surface area contributed by atoms with Crippen molar-refractivity contribution in [2.45, 2.75) is 57.0 Å². The lowest BCUT2D eigenvalue weighted by molar-refractivity contribution is 0.310. The molecular weight excluding hydrogens is 292 g/mol. The maximum absolute atomic E-state index is 12.7. The number of thiophene rings is 1. The van der Waals surface area contributed by atoms with E-state index in [-0.39, 0.29) is 6.04 Å². The predicted molar refractivity (Wildman–Crippen MR) is 83.6 cm³/mol. The quantitative estimate of drug-likeness (QED) is 0.878. The molecule has 1 heterocycles. The van der Waals surface area contributed by atoms with Gasteiger partial charge in [0.15, 0.2) is 0 Å². The fourth-order valence-corrected chi connectivity index (χ4v) is 6.08. The van der Waals surface area contributed by atoms with Crippen molar-refractivity contribution >= 4 is 21.4 Å². The van der Waals surface area contributed by atoms with Gasteiger partial charge in [-0.1, -0.05) is 19.8 Å². The van der Waals surface area contributed by atoms with Crippen LogP contribution < -0.4 is 10.0 Å². The molecule has 2 atom stereocenters. The van der Waals surface area contributed by atoms with E-state index in [1.807, 2.05) is 19.4 Å². The van der Waals surface area contributed by atoms with Crippen molar-refractivity contribution in [3.05, 3.63) is 15.8 Å². The summed E-state index contributed by atoms with van der Waals surface area (Å²) in [7, 11) is -1.58. The molecule has 20 heavy (non-hydrogen) atoms. The normalized spacial score (nSPS) is 23.9. The van der Waals surface area contributed by atoms with Gasteiger partial charge in [0.2, 0.25) is 10.0 Å². The molecule has 1 fully saturated rings. The first-order valence-electron chi connectivity index (χ1n) is 7.19. The summed E-state index contributed by atoms with van der Waals surface area (Å²) in [5.74, 6) is 0.421. The Kier molecular flexibility index (Phi) is 5.23. The molecule has 0 spiro atoms. The minimum absolute atomic E-state index is 0.0792. The summed E-state index contributed by atoms with van der Waals surface area (Å²) in [5.41, 5.74) is 0.844. The van der Waals surface area contributed by atoms with Gasteiger partial charge in [0.05, 0.1) is 0 Å². The maximum Gasteiger partial charge on any atom is 0.242 e. The van der Waals surface area contributed by atoms with Crippen molar-refractivity contribution in [1.29, 1.82) is 0 Å². The second-order valence-corrected chi connectivity index (χ2v) is 8.31. The summed E-state index contributed by atoms with van der Waals surface area (Å²) in [4.78, 5) is 1.37. The Morgan fingerprint density at radius 3 is 2.70 bits per heavy atom. The average Bonchev–Trinajstić information content (AvgIpc) is 2.74. The van der Waals surface area contributed by atoms with Crippen LogP contribution in [0.25, 0.3) is 0 Å². The molecule has 4 nitrogen and oxygen atoms in total. The second-order valence-electron chi connectivity index (χ2n) is 5.69. The van der Waals surface area contributed by atoms with Crippen LogP contribution in [0.3, 0.4) is 0 Å². The molecule has 2 rings (SSSR count). The van der Waals surface area contributed by atoms with Crippen LogP contribution in [0, 0.1) is 12.8 Å². The smallest absolute Gasteiger partial charge is 0.242 e. The molecule has 1 aliphatic rings. The van der Waals surface area contributed by atoms with Crippen molar-refractivity contribution in [3.63, 3.8) is 0 Å². The number of rotatable bonds is 5. The van der Waals surface area contributed by atoms with Gasteiger partial charge in [0.1, 0.15) is 4.90 Å². The third-order valence-corrected chi connectivity index (χ3v) is 6.97. The Hall–Kier alpha value is -0.430. The third kappa shape index (κ3) is 3.42. The van der Waals surface area contributed by atoms with Gasteiger partial charge in [-0.3, -0.25) is 0 Å². The van der Waals surface area contributed by atoms with Gasteiger partial charge in [-0.15, -0.1) is 11.3 Å². The van der Waals surface area contributed by atoms with Gasteiger partial charge in [-0.05, 0) is 43.7 Å². The van der Waals surface area contributed by atoms with E-state index in [4.69, 9.17) is 0 Å². The van der Waals surface area contributed by atoms with Crippen LogP contribution in [0.2, 0.25) is 0 Å². The minimum Gasteiger partial charge on any atom is -0.315 e. The molecule has 1 aromatic heterocycles. The van der Waals surface area contributed by atoms with Crippen LogP contribution in [0.4, 0.5) is 0 Å². The Morgan fingerprint density at radius 2 is 2.05 bits per heavy atom. The summed E-state index contributed by atoms with van der Waals surface area (Å²) >= 11 is 1.51. The van der Waals surface area contributed by atoms with Crippen molar-refractivity contribution in [1.82, 2.24) is 10.0 Å². The van der Waals surface area contributed by atoms with E-state index in [2.05, 4.69) is 17.0 Å². The van der Waals surface area contributed by atoms with Crippen LogP contribution in [-0.2, 0) is 16.6 Å². The van der Waals surface area contributed by atoms with Gasteiger partial charge in [-0.2, -0.15) is 0 Å². The topological polar surface area (TPSA) is 58.2 Å². The summed E-state index contributed by atoms with van der Waals surface area (Å²) in [5, 5.41) is 4.96. The first kappa shape index (κ1) is 15.9. The summed E-state index contributed by atoms with van der Waals surface area (Å²) < 4.78 is 28.3. The van der Waals surface area contributed by atoms with E-state index >= 15 is 0 Å². The molecule has 0 bridgehead atoms. The van der Waals surface area contributed by atoms with E-state index in [1.165, 1.54) is 17.8 Å². The van der Waals surface area contributed by atoms with Gasteiger partial charge in [-0.25, -0.2) is 13.1 Å². The Balaban J connectivity index is 2.23. The second kappa shape index (κ2) is 6.56. The summed E-state index contributed by atoms with van der Waals surface area (Å²) in [6, 6.07) is 0.0792. The van der Waals surface area contributed by atoms with E-state index in [0.29, 0.717) is 17.4 Å². The van der Waals surface area contributed by atoms with Crippen LogP contribution in [-0.4, -0.2) is 21.5 Å². The zero-order chi connectivity index (χ0) is 14.8. The number of hydrogen-bond acceptors (Lipinski definition) is 4. The molecule has 0 saturated heterocycles. The van der Waals surface area contributed by atoms with E-state index < -0.39 is 10.0 Å². The van der Waals surface area contributed by atoms with E-state index in [9.17, 15) is 8.42 Å². The van der Waals surface area contributed by atoms with Crippen molar-refractivity contribution in [2.75, 3.05) is 7.05 Å². The lowest BCUT2D eigenvalue weighted by Crippen LogP contribution is -2.41. The molecule has 0 aliphatic heterocycles. The molecule has 114 valence electrons. The maximum atomic E-state index is 12.7. The number of sulfonamides is 1. The van der Waals surface area contributed by atoms with Crippen molar-refractivity contribution in [2.24, 2.45) is 5.92 Å². The first-order chi connectivity index (χ1) is 9.45. The molecule has 1 aromatic rings. The zero-order valence-corrected chi connectivity index (χ0v) is 14.0. The zero-order valence-electron chi connectivity index (χ0n) is 12.4. The van der Waals surface area contributed by atoms with E-state index in [0.717, 1.165) is 29.7 Å². The molecule has 0 amide bonds. The highest BCUT2D eigenvalue weighted by Gasteiger charge is 2.29. The molecular formula is C14H24N2O2S2. The summed E-state index contributed by atoms with van der Waals surface area (Å²) in [6.45, 7) is 4.60. The Bertz CT molecular complexity index is 552. The Morgan fingerprint density at radius 1 is 1.35 bits per heavy atom. The Labute approximate surface area is 126 Å². The lowest BCUT2D eigenvalue weighted by Gasteiger charge is -2.29. The van der Waals surface area contributed by atoms with Gasteiger partial charge in [0.25, 0.3) is 0 Å². The van der Waals surface area contributed by atoms with Crippen molar-refractivity contribution < 1.29 is 8.42 Å². The summed E-state index contributed by atoms with van der Waals surface area (Å²) in [6.07, 6.45) is 4.38. The lowest BCUT2D eigenvalue weighted by atomic mass is 9.87. The van der Waals surface area contributed by atoms with Gasteiger partial charge in [0, 0.05) is 17.5 Å². The molecule has 2 unspecified atom stereocenters.